The zero-order valence-electron chi connectivity index (χ0n) is 17.1. The third-order valence-electron chi connectivity index (χ3n) is 6.87. The van der Waals surface area contributed by atoms with Crippen LogP contribution in [-0.2, 0) is 19.3 Å². The lowest BCUT2D eigenvalue weighted by Crippen LogP contribution is -2.50. The zero-order chi connectivity index (χ0) is 22.2. The molecule has 5 nitrogen and oxygen atoms in total. The van der Waals surface area contributed by atoms with E-state index in [0.29, 0.717) is 11.4 Å². The molecule has 0 radical (unpaired) electrons. The summed E-state index contributed by atoms with van der Waals surface area (Å²) in [4.78, 5) is 38.8. The number of nitrogens with zero attached hydrogens (tertiary/aromatic N) is 1. The number of carbonyl (C=O) groups excluding carboxylic acids is 3. The molecule has 3 aromatic rings. The van der Waals surface area contributed by atoms with E-state index < -0.39 is 22.7 Å². The third kappa shape index (κ3) is 2.32. The SMILES string of the molecule is CC(=O)Oc1ccc(N2C(=O)C3C4c5ccccc5C(Cl)(c5ccccc54)C3C2=O)cc1. The molecule has 7 rings (SSSR count). The molecule has 32 heavy (non-hydrogen) atoms. The summed E-state index contributed by atoms with van der Waals surface area (Å²) in [6.07, 6.45) is 0. The number of esters is 1. The third-order valence-corrected chi connectivity index (χ3v) is 7.51. The van der Waals surface area contributed by atoms with Crippen LogP contribution in [0.15, 0.2) is 72.8 Å². The Labute approximate surface area is 189 Å². The van der Waals surface area contributed by atoms with Crippen LogP contribution in [0, 0.1) is 11.8 Å². The van der Waals surface area contributed by atoms with E-state index in [2.05, 4.69) is 0 Å². The summed E-state index contributed by atoms with van der Waals surface area (Å²) >= 11 is 7.40. The van der Waals surface area contributed by atoms with Gasteiger partial charge in [0, 0.05) is 12.8 Å². The molecular weight excluding hydrogens is 426 g/mol. The second-order valence-electron chi connectivity index (χ2n) is 8.47. The van der Waals surface area contributed by atoms with E-state index in [0.717, 1.165) is 22.3 Å². The van der Waals surface area contributed by atoms with Crippen LogP contribution in [0.25, 0.3) is 0 Å². The Hall–Kier alpha value is -3.44. The van der Waals surface area contributed by atoms with Gasteiger partial charge in [-0.15, -0.1) is 11.6 Å². The first-order valence-electron chi connectivity index (χ1n) is 10.5. The Bertz CT molecular complexity index is 1270. The number of hydrogen-bond acceptors (Lipinski definition) is 4. The molecule has 3 aromatic carbocycles. The molecule has 1 aliphatic heterocycles. The lowest BCUT2D eigenvalue weighted by atomic mass is 9.54. The molecule has 158 valence electrons. The predicted octanol–water partition coefficient (Wildman–Crippen LogP) is 4.36. The molecule has 1 fully saturated rings. The number of ether oxygens (including phenoxy) is 1. The van der Waals surface area contributed by atoms with Crippen molar-refractivity contribution in [3.05, 3.63) is 95.1 Å². The number of amides is 2. The average molecular weight is 444 g/mol. The normalized spacial score (nSPS) is 27.1. The van der Waals surface area contributed by atoms with Crippen LogP contribution in [0.3, 0.4) is 0 Å². The summed E-state index contributed by atoms with van der Waals surface area (Å²) in [7, 11) is 0. The van der Waals surface area contributed by atoms with E-state index >= 15 is 0 Å². The molecule has 6 heteroatoms. The second-order valence-corrected chi connectivity index (χ2v) is 9.06. The van der Waals surface area contributed by atoms with Gasteiger partial charge in [0.1, 0.15) is 10.6 Å². The van der Waals surface area contributed by atoms with Gasteiger partial charge in [-0.3, -0.25) is 14.4 Å². The van der Waals surface area contributed by atoms with E-state index in [1.807, 2.05) is 48.5 Å². The fraction of sp³-hybridized carbons (Fsp3) is 0.192. The minimum atomic E-state index is -1.11. The van der Waals surface area contributed by atoms with Gasteiger partial charge in [0.2, 0.25) is 11.8 Å². The highest BCUT2D eigenvalue weighted by Crippen LogP contribution is 2.65. The Morgan fingerprint density at radius 1 is 0.875 bits per heavy atom. The number of alkyl halides is 1. The van der Waals surface area contributed by atoms with E-state index in [1.165, 1.54) is 11.8 Å². The van der Waals surface area contributed by atoms with E-state index in [-0.39, 0.29) is 17.7 Å². The minimum absolute atomic E-state index is 0.227. The van der Waals surface area contributed by atoms with Crippen LogP contribution in [0.2, 0.25) is 0 Å². The fourth-order valence-electron chi connectivity index (χ4n) is 5.76. The van der Waals surface area contributed by atoms with Gasteiger partial charge < -0.3 is 4.74 Å². The average Bonchev–Trinajstić information content (AvgIpc) is 3.06. The van der Waals surface area contributed by atoms with Crippen LogP contribution in [0.4, 0.5) is 5.69 Å². The van der Waals surface area contributed by atoms with Crippen molar-refractivity contribution in [3.63, 3.8) is 0 Å². The number of rotatable bonds is 2. The van der Waals surface area contributed by atoms with Crippen molar-refractivity contribution >= 4 is 35.1 Å². The lowest BCUT2D eigenvalue weighted by Gasteiger charge is -2.50. The van der Waals surface area contributed by atoms with Gasteiger partial charge in [0.05, 0.1) is 17.5 Å². The largest absolute Gasteiger partial charge is 0.427 e. The van der Waals surface area contributed by atoms with Crippen molar-refractivity contribution in [2.24, 2.45) is 11.8 Å². The molecule has 3 aliphatic carbocycles. The topological polar surface area (TPSA) is 63.7 Å². The van der Waals surface area contributed by atoms with Gasteiger partial charge >= 0.3 is 5.97 Å². The molecule has 0 spiro atoms. The summed E-state index contributed by atoms with van der Waals surface area (Å²) in [6.45, 7) is 1.32. The van der Waals surface area contributed by atoms with Crippen LogP contribution < -0.4 is 9.64 Å². The lowest BCUT2D eigenvalue weighted by molar-refractivity contribution is -0.132. The predicted molar refractivity (Wildman–Crippen MR) is 119 cm³/mol. The van der Waals surface area contributed by atoms with Crippen molar-refractivity contribution in [3.8, 4) is 5.75 Å². The Balaban J connectivity index is 1.50. The quantitative estimate of drug-likeness (QED) is 0.255. The molecular formula is C26H18ClNO4. The molecule has 0 saturated carbocycles. The van der Waals surface area contributed by atoms with Gasteiger partial charge in [-0.2, -0.15) is 0 Å². The van der Waals surface area contributed by atoms with Crippen LogP contribution >= 0.6 is 11.6 Å². The van der Waals surface area contributed by atoms with Gasteiger partial charge in [-0.1, -0.05) is 48.5 Å². The van der Waals surface area contributed by atoms with Gasteiger partial charge in [0.25, 0.3) is 0 Å². The van der Waals surface area contributed by atoms with Gasteiger partial charge in [0.15, 0.2) is 0 Å². The minimum Gasteiger partial charge on any atom is -0.427 e. The molecule has 2 unspecified atom stereocenters. The Kier molecular flexibility index (Phi) is 3.93. The van der Waals surface area contributed by atoms with E-state index in [4.69, 9.17) is 16.3 Å². The first-order valence-corrected chi connectivity index (χ1v) is 10.8. The van der Waals surface area contributed by atoms with Crippen molar-refractivity contribution < 1.29 is 19.1 Å². The Morgan fingerprint density at radius 3 is 2.00 bits per heavy atom. The monoisotopic (exact) mass is 443 g/mol. The van der Waals surface area contributed by atoms with E-state index in [9.17, 15) is 14.4 Å². The van der Waals surface area contributed by atoms with Gasteiger partial charge in [-0.25, -0.2) is 4.90 Å². The highest BCUT2D eigenvalue weighted by molar-refractivity contribution is 6.33. The maximum Gasteiger partial charge on any atom is 0.308 e. The van der Waals surface area contributed by atoms with Gasteiger partial charge in [-0.05, 0) is 46.5 Å². The number of halogens is 1. The first-order chi connectivity index (χ1) is 15.4. The number of anilines is 1. The number of carbonyl (C=O) groups is 3. The summed E-state index contributed by atoms with van der Waals surface area (Å²) in [5.41, 5.74) is 4.27. The van der Waals surface area contributed by atoms with E-state index in [1.54, 1.807) is 24.3 Å². The smallest absolute Gasteiger partial charge is 0.308 e. The summed E-state index contributed by atoms with van der Waals surface area (Å²) < 4.78 is 5.08. The highest BCUT2D eigenvalue weighted by Gasteiger charge is 2.67. The maximum absolute atomic E-state index is 13.8. The van der Waals surface area contributed by atoms with Crippen molar-refractivity contribution in [1.82, 2.24) is 0 Å². The van der Waals surface area contributed by atoms with Crippen molar-refractivity contribution in [1.29, 1.82) is 0 Å². The molecule has 2 amide bonds. The number of imide groups is 1. The summed E-state index contributed by atoms with van der Waals surface area (Å²) in [5, 5.41) is 0. The van der Waals surface area contributed by atoms with Crippen molar-refractivity contribution in [2.45, 2.75) is 17.7 Å². The summed E-state index contributed by atoms with van der Waals surface area (Å²) in [6, 6.07) is 22.1. The Morgan fingerprint density at radius 2 is 1.44 bits per heavy atom. The summed E-state index contributed by atoms with van der Waals surface area (Å²) in [5.74, 6) is -2.13. The molecule has 0 N–H and O–H groups in total. The highest BCUT2D eigenvalue weighted by atomic mass is 35.5. The second kappa shape index (κ2) is 6.53. The number of benzene rings is 3. The molecule has 2 bridgehead atoms. The van der Waals surface area contributed by atoms with Crippen LogP contribution in [0.5, 0.6) is 5.75 Å². The zero-order valence-corrected chi connectivity index (χ0v) is 17.9. The molecule has 1 heterocycles. The van der Waals surface area contributed by atoms with Crippen LogP contribution in [0.1, 0.15) is 35.1 Å². The molecule has 1 saturated heterocycles. The standard InChI is InChI=1S/C26H18ClNO4/c1-14(29)32-16-12-10-15(11-13-16)28-24(30)22-21-17-6-2-4-8-19(17)26(27,23(22)25(28)31)20-9-5-3-7-18(20)21/h2-13,21-23H,1H3. The molecule has 0 aromatic heterocycles. The maximum atomic E-state index is 13.8. The fourth-order valence-corrected chi connectivity index (χ4v) is 6.34. The van der Waals surface area contributed by atoms with Crippen molar-refractivity contribution in [2.75, 3.05) is 4.90 Å². The molecule has 4 aliphatic rings. The number of hydrogen-bond donors (Lipinski definition) is 0. The van der Waals surface area contributed by atoms with Crippen LogP contribution in [-0.4, -0.2) is 17.8 Å². The molecule has 2 atom stereocenters. The first kappa shape index (κ1) is 19.3.